The molecule has 1 aliphatic heterocycles. The predicted molar refractivity (Wildman–Crippen MR) is 97.8 cm³/mol. The fourth-order valence-electron chi connectivity index (χ4n) is 2.95. The van der Waals surface area contributed by atoms with E-state index in [4.69, 9.17) is 9.72 Å². The van der Waals surface area contributed by atoms with Crippen LogP contribution in [0.15, 0.2) is 30.6 Å². The fraction of sp³-hybridized carbons (Fsp3) is 0.389. The van der Waals surface area contributed by atoms with Crippen molar-refractivity contribution in [3.63, 3.8) is 0 Å². The molecule has 1 saturated heterocycles. The number of ether oxygens (including phenoxy) is 1. The Morgan fingerprint density at radius 3 is 2.64 bits per heavy atom. The molecule has 3 aromatic rings. The summed E-state index contributed by atoms with van der Waals surface area (Å²) < 4.78 is 7.39. The second kappa shape index (κ2) is 6.68. The first-order chi connectivity index (χ1) is 12.2. The van der Waals surface area contributed by atoms with Crippen LogP contribution in [-0.4, -0.2) is 45.8 Å². The van der Waals surface area contributed by atoms with E-state index < -0.39 is 0 Å². The lowest BCUT2D eigenvalue weighted by Gasteiger charge is -2.28. The third kappa shape index (κ3) is 3.28. The summed E-state index contributed by atoms with van der Waals surface area (Å²) in [4.78, 5) is 16.1. The monoisotopic (exact) mass is 338 g/mol. The summed E-state index contributed by atoms with van der Waals surface area (Å²) in [5.41, 5.74) is 4.13. The van der Waals surface area contributed by atoms with Gasteiger partial charge in [-0.05, 0) is 12.5 Å². The molecule has 1 aliphatic rings. The van der Waals surface area contributed by atoms with Crippen LogP contribution in [0.1, 0.15) is 11.1 Å². The van der Waals surface area contributed by atoms with Crippen LogP contribution in [0.3, 0.4) is 0 Å². The normalized spacial score (nSPS) is 14.9. The molecule has 3 heterocycles. The molecule has 1 fully saturated rings. The molecule has 1 aromatic carbocycles. The quantitative estimate of drug-likeness (QED) is 0.786. The van der Waals surface area contributed by atoms with E-state index in [2.05, 4.69) is 51.4 Å². The molecule has 25 heavy (non-hydrogen) atoms. The topological polar surface area (TPSA) is 68.1 Å². The number of anilines is 2. The number of morpholine rings is 1. The van der Waals surface area contributed by atoms with E-state index in [-0.39, 0.29) is 0 Å². The minimum Gasteiger partial charge on any atom is -0.378 e. The Morgan fingerprint density at radius 1 is 1.12 bits per heavy atom. The van der Waals surface area contributed by atoms with Gasteiger partial charge in [0, 0.05) is 26.7 Å². The van der Waals surface area contributed by atoms with Gasteiger partial charge in [0.15, 0.2) is 17.0 Å². The average Bonchev–Trinajstić information content (AvgIpc) is 3.02. The number of rotatable bonds is 4. The van der Waals surface area contributed by atoms with Crippen LogP contribution in [0.4, 0.5) is 11.8 Å². The lowest BCUT2D eigenvalue weighted by atomic mass is 10.1. The van der Waals surface area contributed by atoms with Crippen molar-refractivity contribution in [2.75, 3.05) is 36.5 Å². The molecule has 0 aliphatic carbocycles. The largest absolute Gasteiger partial charge is 0.378 e. The van der Waals surface area contributed by atoms with E-state index >= 15 is 0 Å². The maximum Gasteiger partial charge on any atom is 0.227 e. The summed E-state index contributed by atoms with van der Waals surface area (Å²) in [6.07, 6.45) is 1.78. The van der Waals surface area contributed by atoms with Crippen LogP contribution in [-0.2, 0) is 18.3 Å². The Morgan fingerprint density at radius 2 is 1.88 bits per heavy atom. The van der Waals surface area contributed by atoms with Crippen molar-refractivity contribution in [3.8, 4) is 0 Å². The van der Waals surface area contributed by atoms with Gasteiger partial charge in [0.25, 0.3) is 0 Å². The molecule has 0 amide bonds. The highest BCUT2D eigenvalue weighted by atomic mass is 16.5. The van der Waals surface area contributed by atoms with Crippen LogP contribution in [0.2, 0.25) is 0 Å². The van der Waals surface area contributed by atoms with Crippen molar-refractivity contribution >= 4 is 22.9 Å². The first-order valence-corrected chi connectivity index (χ1v) is 8.52. The van der Waals surface area contributed by atoms with Gasteiger partial charge in [-0.2, -0.15) is 9.97 Å². The Labute approximate surface area is 146 Å². The van der Waals surface area contributed by atoms with Gasteiger partial charge in [-0.3, -0.25) is 0 Å². The fourth-order valence-corrected chi connectivity index (χ4v) is 2.95. The molecule has 0 bridgehead atoms. The summed E-state index contributed by atoms with van der Waals surface area (Å²) in [5, 5.41) is 3.35. The van der Waals surface area contributed by atoms with Gasteiger partial charge >= 0.3 is 0 Å². The van der Waals surface area contributed by atoms with E-state index in [1.165, 1.54) is 11.1 Å². The highest BCUT2D eigenvalue weighted by Crippen LogP contribution is 2.24. The molecule has 4 rings (SSSR count). The second-order valence-corrected chi connectivity index (χ2v) is 6.34. The summed E-state index contributed by atoms with van der Waals surface area (Å²) in [6, 6.07) is 8.46. The van der Waals surface area contributed by atoms with Crippen molar-refractivity contribution in [3.05, 3.63) is 41.7 Å². The lowest BCUT2D eigenvalue weighted by Crippen LogP contribution is -2.37. The maximum atomic E-state index is 5.46. The van der Waals surface area contributed by atoms with Crippen molar-refractivity contribution in [1.82, 2.24) is 19.5 Å². The number of nitrogens with one attached hydrogen (secondary N) is 1. The number of benzene rings is 1. The molecule has 2 aromatic heterocycles. The first kappa shape index (κ1) is 15.8. The molecule has 0 unspecified atom stereocenters. The molecule has 7 nitrogen and oxygen atoms in total. The Bertz CT molecular complexity index is 867. The zero-order valence-corrected chi connectivity index (χ0v) is 14.6. The lowest BCUT2D eigenvalue weighted by molar-refractivity contribution is 0.122. The number of aryl methyl sites for hydroxylation is 2. The number of hydrogen-bond acceptors (Lipinski definition) is 6. The zero-order chi connectivity index (χ0) is 17.2. The highest BCUT2D eigenvalue weighted by molar-refractivity contribution is 5.85. The van der Waals surface area contributed by atoms with Crippen LogP contribution < -0.4 is 10.2 Å². The van der Waals surface area contributed by atoms with Gasteiger partial charge in [-0.15, -0.1) is 0 Å². The van der Waals surface area contributed by atoms with Crippen LogP contribution >= 0.6 is 0 Å². The van der Waals surface area contributed by atoms with Gasteiger partial charge < -0.3 is 19.5 Å². The molecule has 7 heteroatoms. The molecular formula is C18H22N6O. The van der Waals surface area contributed by atoms with Crippen molar-refractivity contribution in [2.24, 2.45) is 7.05 Å². The van der Waals surface area contributed by atoms with Crippen molar-refractivity contribution in [2.45, 2.75) is 13.5 Å². The molecular weight excluding hydrogens is 316 g/mol. The van der Waals surface area contributed by atoms with E-state index in [9.17, 15) is 0 Å². The van der Waals surface area contributed by atoms with Gasteiger partial charge in [-0.25, -0.2) is 4.98 Å². The highest BCUT2D eigenvalue weighted by Gasteiger charge is 2.19. The first-order valence-electron chi connectivity index (χ1n) is 8.52. The third-order valence-electron chi connectivity index (χ3n) is 4.42. The van der Waals surface area contributed by atoms with Crippen LogP contribution in [0.5, 0.6) is 0 Å². The van der Waals surface area contributed by atoms with Crippen LogP contribution in [0, 0.1) is 6.92 Å². The number of imidazole rings is 1. The zero-order valence-electron chi connectivity index (χ0n) is 14.6. The minimum atomic E-state index is 0.623. The number of hydrogen-bond donors (Lipinski definition) is 1. The van der Waals surface area contributed by atoms with E-state index in [0.717, 1.165) is 30.1 Å². The Hall–Kier alpha value is -2.67. The molecule has 0 atom stereocenters. The number of fused-ring (bicyclic) bond motifs is 1. The van der Waals surface area contributed by atoms with E-state index in [1.54, 1.807) is 6.33 Å². The van der Waals surface area contributed by atoms with Gasteiger partial charge in [0.2, 0.25) is 5.95 Å². The number of aromatic nitrogens is 4. The van der Waals surface area contributed by atoms with Crippen LogP contribution in [0.25, 0.3) is 11.2 Å². The van der Waals surface area contributed by atoms with E-state index in [0.29, 0.717) is 25.7 Å². The average molecular weight is 338 g/mol. The standard InChI is InChI=1S/C18H22N6O/c1-13-3-5-14(6-4-13)11-19-18-21-16-15(20-12-23(16)2)17(22-18)24-7-9-25-10-8-24/h3-6,12H,7-11H2,1-2H3,(H,19,21,22). The molecule has 1 N–H and O–H groups in total. The molecule has 0 saturated carbocycles. The summed E-state index contributed by atoms with van der Waals surface area (Å²) in [7, 11) is 1.95. The molecule has 130 valence electrons. The third-order valence-corrected chi connectivity index (χ3v) is 4.42. The van der Waals surface area contributed by atoms with Gasteiger partial charge in [0.1, 0.15) is 0 Å². The second-order valence-electron chi connectivity index (χ2n) is 6.34. The summed E-state index contributed by atoms with van der Waals surface area (Å²) in [6.45, 7) is 5.84. The minimum absolute atomic E-state index is 0.623. The molecule has 0 spiro atoms. The van der Waals surface area contributed by atoms with Crippen molar-refractivity contribution in [1.29, 1.82) is 0 Å². The smallest absolute Gasteiger partial charge is 0.227 e. The van der Waals surface area contributed by atoms with Crippen molar-refractivity contribution < 1.29 is 4.74 Å². The van der Waals surface area contributed by atoms with Gasteiger partial charge in [0.05, 0.1) is 19.5 Å². The van der Waals surface area contributed by atoms with Gasteiger partial charge in [-0.1, -0.05) is 29.8 Å². The Kier molecular flexibility index (Phi) is 4.23. The van der Waals surface area contributed by atoms with E-state index in [1.807, 2.05) is 11.6 Å². The summed E-state index contributed by atoms with van der Waals surface area (Å²) >= 11 is 0. The SMILES string of the molecule is Cc1ccc(CNc2nc(N3CCOCC3)c3ncn(C)c3n2)cc1. The predicted octanol–water partition coefficient (Wildman–Crippen LogP) is 2.12. The number of nitrogens with zero attached hydrogens (tertiary/aromatic N) is 5. The molecule has 0 radical (unpaired) electrons. The maximum absolute atomic E-state index is 5.46. The summed E-state index contributed by atoms with van der Waals surface area (Å²) in [5.74, 6) is 1.50. The Balaban J connectivity index is 1.64.